The highest BCUT2D eigenvalue weighted by atomic mass is 16.5. The maximum absolute atomic E-state index is 5.74. The SMILES string of the molecule is COc1ccc2c(c1)-c1nc(Nc3ccc(OCCN(C)C)cc3)ncc1CC2. The average Bonchev–Trinajstić information content (AvgIpc) is 2.74. The summed E-state index contributed by atoms with van der Waals surface area (Å²) in [6, 6.07) is 14.1. The quantitative estimate of drug-likeness (QED) is 0.660. The number of hydrogen-bond donors (Lipinski definition) is 1. The molecule has 3 aromatic rings. The highest BCUT2D eigenvalue weighted by Crippen LogP contribution is 2.35. The molecule has 0 unspecified atom stereocenters. The molecule has 1 heterocycles. The van der Waals surface area contributed by atoms with E-state index in [0.29, 0.717) is 12.6 Å². The molecule has 4 rings (SSSR count). The standard InChI is InChI=1S/C23H26N4O2/c1-27(2)12-13-29-19-10-7-18(8-11-19)25-23-24-15-17-5-4-16-6-9-20(28-3)14-21(16)22(17)26-23/h6-11,14-15H,4-5,12-13H2,1-3H3,(H,24,25,26). The van der Waals surface area contributed by atoms with Crippen molar-refractivity contribution in [2.45, 2.75) is 12.8 Å². The van der Waals surface area contributed by atoms with E-state index >= 15 is 0 Å². The van der Waals surface area contributed by atoms with Crippen LogP contribution in [0.5, 0.6) is 11.5 Å². The summed E-state index contributed by atoms with van der Waals surface area (Å²) >= 11 is 0. The first-order valence-electron chi connectivity index (χ1n) is 9.80. The van der Waals surface area contributed by atoms with Gasteiger partial charge in [-0.05, 0) is 74.5 Å². The van der Waals surface area contributed by atoms with Crippen LogP contribution in [0, 0.1) is 0 Å². The van der Waals surface area contributed by atoms with Gasteiger partial charge in [-0.3, -0.25) is 0 Å². The number of ether oxygens (including phenoxy) is 2. The molecular formula is C23H26N4O2. The van der Waals surface area contributed by atoms with E-state index in [0.717, 1.165) is 47.8 Å². The molecule has 6 nitrogen and oxygen atoms in total. The van der Waals surface area contributed by atoms with Crippen molar-refractivity contribution in [1.29, 1.82) is 0 Å². The van der Waals surface area contributed by atoms with E-state index < -0.39 is 0 Å². The second-order valence-corrected chi connectivity index (χ2v) is 7.39. The van der Waals surface area contributed by atoms with Crippen molar-refractivity contribution >= 4 is 11.6 Å². The van der Waals surface area contributed by atoms with Crippen molar-refractivity contribution in [1.82, 2.24) is 14.9 Å². The Hall–Kier alpha value is -3.12. The number of nitrogens with one attached hydrogen (secondary N) is 1. The molecule has 0 aliphatic heterocycles. The fourth-order valence-electron chi connectivity index (χ4n) is 3.38. The van der Waals surface area contributed by atoms with Crippen LogP contribution in [0.25, 0.3) is 11.3 Å². The number of fused-ring (bicyclic) bond motifs is 3. The summed E-state index contributed by atoms with van der Waals surface area (Å²) in [4.78, 5) is 11.4. The van der Waals surface area contributed by atoms with Crippen LogP contribution in [0.15, 0.2) is 48.7 Å². The lowest BCUT2D eigenvalue weighted by Crippen LogP contribution is -2.19. The summed E-state index contributed by atoms with van der Waals surface area (Å²) in [5.74, 6) is 2.28. The predicted octanol–water partition coefficient (Wildman–Crippen LogP) is 3.93. The van der Waals surface area contributed by atoms with Crippen molar-refractivity contribution in [2.24, 2.45) is 0 Å². The number of likely N-dealkylation sites (N-methyl/N-ethyl adjacent to an activating group) is 1. The lowest BCUT2D eigenvalue weighted by Gasteiger charge is -2.20. The molecule has 0 atom stereocenters. The lowest BCUT2D eigenvalue weighted by atomic mass is 9.90. The minimum atomic E-state index is 0.584. The van der Waals surface area contributed by atoms with Gasteiger partial charge in [0.1, 0.15) is 18.1 Å². The van der Waals surface area contributed by atoms with Gasteiger partial charge in [-0.2, -0.15) is 0 Å². The van der Waals surface area contributed by atoms with Gasteiger partial charge >= 0.3 is 0 Å². The Morgan fingerprint density at radius 3 is 2.52 bits per heavy atom. The first kappa shape index (κ1) is 19.2. The molecule has 1 aromatic heterocycles. The Morgan fingerprint density at radius 2 is 1.76 bits per heavy atom. The van der Waals surface area contributed by atoms with E-state index in [1.54, 1.807) is 7.11 Å². The number of anilines is 2. The highest BCUT2D eigenvalue weighted by Gasteiger charge is 2.19. The summed E-state index contributed by atoms with van der Waals surface area (Å²) in [5, 5.41) is 3.30. The van der Waals surface area contributed by atoms with Crippen LogP contribution in [0.1, 0.15) is 11.1 Å². The number of nitrogens with zero attached hydrogens (tertiary/aromatic N) is 3. The van der Waals surface area contributed by atoms with Crippen LogP contribution in [-0.2, 0) is 12.8 Å². The zero-order chi connectivity index (χ0) is 20.2. The largest absolute Gasteiger partial charge is 0.497 e. The first-order chi connectivity index (χ1) is 14.1. The summed E-state index contributed by atoms with van der Waals surface area (Å²) < 4.78 is 11.1. The highest BCUT2D eigenvalue weighted by molar-refractivity contribution is 5.72. The van der Waals surface area contributed by atoms with Crippen LogP contribution in [0.4, 0.5) is 11.6 Å². The van der Waals surface area contributed by atoms with Crippen molar-refractivity contribution < 1.29 is 9.47 Å². The molecule has 0 saturated carbocycles. The minimum Gasteiger partial charge on any atom is -0.497 e. The van der Waals surface area contributed by atoms with Crippen LogP contribution in [0.2, 0.25) is 0 Å². The molecule has 0 saturated heterocycles. The number of aryl methyl sites for hydroxylation is 2. The fraction of sp³-hybridized carbons (Fsp3) is 0.304. The molecule has 1 N–H and O–H groups in total. The molecule has 0 spiro atoms. The van der Waals surface area contributed by atoms with Gasteiger partial charge in [0, 0.05) is 24.0 Å². The molecule has 29 heavy (non-hydrogen) atoms. The molecule has 150 valence electrons. The van der Waals surface area contributed by atoms with Crippen molar-refractivity contribution in [3.8, 4) is 22.8 Å². The first-order valence-corrected chi connectivity index (χ1v) is 9.80. The second kappa shape index (κ2) is 8.49. The van der Waals surface area contributed by atoms with Crippen LogP contribution >= 0.6 is 0 Å². The maximum atomic E-state index is 5.74. The van der Waals surface area contributed by atoms with E-state index in [9.17, 15) is 0 Å². The third-order valence-electron chi connectivity index (χ3n) is 5.02. The summed E-state index contributed by atoms with van der Waals surface area (Å²) in [6.45, 7) is 1.55. The third-order valence-corrected chi connectivity index (χ3v) is 5.02. The van der Waals surface area contributed by atoms with Gasteiger partial charge in [0.25, 0.3) is 0 Å². The normalized spacial score (nSPS) is 12.3. The number of aromatic nitrogens is 2. The summed E-state index contributed by atoms with van der Waals surface area (Å²) in [5.41, 5.74) is 5.49. The molecule has 1 aliphatic rings. The van der Waals surface area contributed by atoms with E-state index in [1.165, 1.54) is 11.1 Å². The smallest absolute Gasteiger partial charge is 0.227 e. The van der Waals surface area contributed by atoms with Gasteiger partial charge in [0.2, 0.25) is 5.95 Å². The average molecular weight is 390 g/mol. The molecule has 2 aromatic carbocycles. The Kier molecular flexibility index (Phi) is 5.62. The van der Waals surface area contributed by atoms with Gasteiger partial charge in [0.05, 0.1) is 12.8 Å². The van der Waals surface area contributed by atoms with E-state index in [4.69, 9.17) is 14.5 Å². The minimum absolute atomic E-state index is 0.584. The summed E-state index contributed by atoms with van der Waals surface area (Å²) in [6.07, 6.45) is 3.87. The Bertz CT molecular complexity index is 987. The van der Waals surface area contributed by atoms with Gasteiger partial charge in [-0.15, -0.1) is 0 Å². The van der Waals surface area contributed by atoms with E-state index in [2.05, 4.69) is 27.3 Å². The molecule has 6 heteroatoms. The molecule has 1 aliphatic carbocycles. The van der Waals surface area contributed by atoms with Crippen LogP contribution < -0.4 is 14.8 Å². The monoisotopic (exact) mass is 390 g/mol. The van der Waals surface area contributed by atoms with Crippen molar-refractivity contribution in [3.05, 3.63) is 59.8 Å². The number of benzene rings is 2. The van der Waals surface area contributed by atoms with Gasteiger partial charge < -0.3 is 19.7 Å². The number of rotatable bonds is 7. The Morgan fingerprint density at radius 1 is 1.00 bits per heavy atom. The van der Waals surface area contributed by atoms with E-state index in [-0.39, 0.29) is 0 Å². The topological polar surface area (TPSA) is 59.5 Å². The second-order valence-electron chi connectivity index (χ2n) is 7.39. The van der Waals surface area contributed by atoms with Crippen molar-refractivity contribution in [3.63, 3.8) is 0 Å². The summed E-state index contributed by atoms with van der Waals surface area (Å²) in [7, 11) is 5.75. The molecule has 0 bridgehead atoms. The predicted molar refractivity (Wildman–Crippen MR) is 115 cm³/mol. The zero-order valence-corrected chi connectivity index (χ0v) is 17.1. The number of methoxy groups -OCH3 is 1. The van der Waals surface area contributed by atoms with Crippen molar-refractivity contribution in [2.75, 3.05) is 39.7 Å². The lowest BCUT2D eigenvalue weighted by molar-refractivity contribution is 0.261. The van der Waals surface area contributed by atoms with Gasteiger partial charge in [0.15, 0.2) is 0 Å². The molecule has 0 fully saturated rings. The van der Waals surface area contributed by atoms with Gasteiger partial charge in [-0.25, -0.2) is 9.97 Å². The Labute approximate surface area is 171 Å². The molecule has 0 radical (unpaired) electrons. The fourth-order valence-corrected chi connectivity index (χ4v) is 3.38. The zero-order valence-electron chi connectivity index (χ0n) is 17.1. The number of hydrogen-bond acceptors (Lipinski definition) is 6. The maximum Gasteiger partial charge on any atom is 0.227 e. The molecule has 0 amide bonds. The van der Waals surface area contributed by atoms with Gasteiger partial charge in [-0.1, -0.05) is 6.07 Å². The Balaban J connectivity index is 1.51. The van der Waals surface area contributed by atoms with E-state index in [1.807, 2.05) is 50.6 Å². The molecular weight excluding hydrogens is 364 g/mol. The van der Waals surface area contributed by atoms with Crippen LogP contribution in [-0.4, -0.2) is 49.2 Å². The third kappa shape index (κ3) is 4.49. The van der Waals surface area contributed by atoms with Crippen LogP contribution in [0.3, 0.4) is 0 Å².